The number of urea groups is 1. The van der Waals surface area contributed by atoms with Crippen molar-refractivity contribution in [2.45, 2.75) is 39.4 Å². The number of nitrogens with zero attached hydrogens (tertiary/aromatic N) is 3. The minimum atomic E-state index is -0.224. The van der Waals surface area contributed by atoms with Crippen LogP contribution < -0.4 is 15.4 Å². The van der Waals surface area contributed by atoms with E-state index in [4.69, 9.17) is 4.74 Å². The van der Waals surface area contributed by atoms with Gasteiger partial charge in [0.15, 0.2) is 5.82 Å². The number of aryl methyl sites for hydroxylation is 1. The van der Waals surface area contributed by atoms with E-state index in [0.29, 0.717) is 6.54 Å². The maximum absolute atomic E-state index is 12.1. The minimum absolute atomic E-state index is 0.0510. The number of rotatable bonds is 7. The summed E-state index contributed by atoms with van der Waals surface area (Å²) in [5.74, 6) is 1.53. The second-order valence-electron chi connectivity index (χ2n) is 5.09. The molecule has 23 heavy (non-hydrogen) atoms. The van der Waals surface area contributed by atoms with E-state index in [1.165, 1.54) is 0 Å². The van der Waals surface area contributed by atoms with Gasteiger partial charge in [-0.15, -0.1) is 10.2 Å². The molecule has 124 valence electrons. The molecule has 0 bridgehead atoms. The van der Waals surface area contributed by atoms with Crippen LogP contribution >= 0.6 is 0 Å². The zero-order valence-corrected chi connectivity index (χ0v) is 13.7. The average Bonchev–Trinajstić information content (AvgIpc) is 3.05. The predicted octanol–water partition coefficient (Wildman–Crippen LogP) is 2.26. The van der Waals surface area contributed by atoms with Gasteiger partial charge in [0.2, 0.25) is 0 Å². The lowest BCUT2D eigenvalue weighted by molar-refractivity contribution is 0.236. The van der Waals surface area contributed by atoms with Crippen molar-refractivity contribution in [3.8, 4) is 5.75 Å². The molecular formula is C16H23N5O2. The van der Waals surface area contributed by atoms with Gasteiger partial charge in [0.05, 0.1) is 19.7 Å². The van der Waals surface area contributed by atoms with Crippen LogP contribution in [-0.2, 0) is 13.1 Å². The summed E-state index contributed by atoms with van der Waals surface area (Å²) >= 11 is 0. The van der Waals surface area contributed by atoms with Crippen molar-refractivity contribution < 1.29 is 9.53 Å². The summed E-state index contributed by atoms with van der Waals surface area (Å²) in [6, 6.07) is 7.42. The molecule has 0 saturated heterocycles. The summed E-state index contributed by atoms with van der Waals surface area (Å²) in [6.45, 7) is 5.15. The van der Waals surface area contributed by atoms with Crippen molar-refractivity contribution in [3.05, 3.63) is 42.0 Å². The van der Waals surface area contributed by atoms with Gasteiger partial charge in [-0.3, -0.25) is 0 Å². The van der Waals surface area contributed by atoms with Crippen LogP contribution in [0, 0.1) is 0 Å². The second-order valence-corrected chi connectivity index (χ2v) is 5.09. The lowest BCUT2D eigenvalue weighted by Gasteiger charge is -2.18. The predicted molar refractivity (Wildman–Crippen MR) is 87.1 cm³/mol. The number of nitrogens with one attached hydrogen (secondary N) is 2. The molecule has 2 N–H and O–H groups in total. The lowest BCUT2D eigenvalue weighted by atomic mass is 10.0. The third kappa shape index (κ3) is 4.45. The Kier molecular flexibility index (Phi) is 5.96. The number of aromatic nitrogens is 3. The molecule has 0 radical (unpaired) electrons. The molecule has 0 spiro atoms. The van der Waals surface area contributed by atoms with Crippen molar-refractivity contribution in [1.82, 2.24) is 25.4 Å². The van der Waals surface area contributed by atoms with Crippen molar-refractivity contribution >= 4 is 6.03 Å². The van der Waals surface area contributed by atoms with Gasteiger partial charge in [0, 0.05) is 6.54 Å². The molecular weight excluding hydrogens is 294 g/mol. The zero-order valence-electron chi connectivity index (χ0n) is 13.7. The summed E-state index contributed by atoms with van der Waals surface area (Å²) in [5, 5.41) is 13.6. The summed E-state index contributed by atoms with van der Waals surface area (Å²) < 4.78 is 7.04. The molecule has 1 aromatic heterocycles. The Bertz CT molecular complexity index is 624. The van der Waals surface area contributed by atoms with E-state index in [2.05, 4.69) is 20.8 Å². The molecule has 1 atom stereocenters. The molecule has 1 aromatic carbocycles. The van der Waals surface area contributed by atoms with Crippen LogP contribution in [0.4, 0.5) is 4.79 Å². The highest BCUT2D eigenvalue weighted by molar-refractivity contribution is 5.74. The quantitative estimate of drug-likeness (QED) is 0.821. The fourth-order valence-corrected chi connectivity index (χ4v) is 2.31. The number of hydrogen-bond donors (Lipinski definition) is 2. The second kappa shape index (κ2) is 8.17. The van der Waals surface area contributed by atoms with Gasteiger partial charge >= 0.3 is 6.03 Å². The van der Waals surface area contributed by atoms with Crippen molar-refractivity contribution in [2.24, 2.45) is 0 Å². The van der Waals surface area contributed by atoms with E-state index >= 15 is 0 Å². The summed E-state index contributed by atoms with van der Waals surface area (Å²) in [7, 11) is 1.63. The Morgan fingerprint density at radius 1 is 1.30 bits per heavy atom. The number of ether oxygens (including phenoxy) is 1. The lowest BCUT2D eigenvalue weighted by Crippen LogP contribution is -2.38. The van der Waals surface area contributed by atoms with E-state index in [-0.39, 0.29) is 12.1 Å². The fourth-order valence-electron chi connectivity index (χ4n) is 2.31. The van der Waals surface area contributed by atoms with Gasteiger partial charge in [-0.05, 0) is 31.0 Å². The van der Waals surface area contributed by atoms with Crippen LogP contribution in [-0.4, -0.2) is 27.9 Å². The van der Waals surface area contributed by atoms with Gasteiger partial charge in [0.1, 0.15) is 12.1 Å². The first-order valence-corrected chi connectivity index (χ1v) is 7.72. The first-order chi connectivity index (χ1) is 11.2. The number of methoxy groups -OCH3 is 1. The first-order valence-electron chi connectivity index (χ1n) is 7.72. The SMILES string of the molecule is CC[C@@H](NC(=O)NCc1nncn1CC)c1ccc(OC)cc1. The highest BCUT2D eigenvalue weighted by Crippen LogP contribution is 2.19. The summed E-state index contributed by atoms with van der Waals surface area (Å²) in [6.07, 6.45) is 2.45. The Morgan fingerprint density at radius 2 is 2.04 bits per heavy atom. The fraction of sp³-hybridized carbons (Fsp3) is 0.438. The summed E-state index contributed by atoms with van der Waals surface area (Å²) in [4.78, 5) is 12.1. The van der Waals surface area contributed by atoms with E-state index in [9.17, 15) is 4.79 Å². The number of amides is 2. The molecule has 0 saturated carbocycles. The maximum Gasteiger partial charge on any atom is 0.315 e. The normalized spacial score (nSPS) is 11.8. The molecule has 7 heteroatoms. The molecule has 0 aliphatic heterocycles. The molecule has 1 heterocycles. The maximum atomic E-state index is 12.1. The number of carbonyl (C=O) groups is 1. The first kappa shape index (κ1) is 16.8. The van der Waals surface area contributed by atoms with Gasteiger partial charge in [-0.2, -0.15) is 0 Å². The Hall–Kier alpha value is -2.57. The van der Waals surface area contributed by atoms with Crippen LogP contribution in [0.15, 0.2) is 30.6 Å². The monoisotopic (exact) mass is 317 g/mol. The average molecular weight is 317 g/mol. The highest BCUT2D eigenvalue weighted by Gasteiger charge is 2.13. The van der Waals surface area contributed by atoms with Gasteiger partial charge < -0.3 is 19.9 Å². The Morgan fingerprint density at radius 3 is 2.65 bits per heavy atom. The standard InChI is InChI=1S/C16H23N5O2/c1-4-14(12-6-8-13(23-3)9-7-12)19-16(22)17-10-15-20-18-11-21(15)5-2/h6-9,11,14H,4-5,10H2,1-3H3,(H2,17,19,22)/t14-/m1/s1. The van der Waals surface area contributed by atoms with E-state index < -0.39 is 0 Å². The highest BCUT2D eigenvalue weighted by atomic mass is 16.5. The zero-order chi connectivity index (χ0) is 16.7. The molecule has 2 aromatic rings. The topological polar surface area (TPSA) is 81.1 Å². The smallest absolute Gasteiger partial charge is 0.315 e. The van der Waals surface area contributed by atoms with Crippen LogP contribution in [0.3, 0.4) is 0 Å². The third-order valence-electron chi connectivity index (χ3n) is 3.68. The van der Waals surface area contributed by atoms with Gasteiger partial charge in [-0.25, -0.2) is 4.79 Å². The summed E-state index contributed by atoms with van der Waals surface area (Å²) in [5.41, 5.74) is 1.04. The van der Waals surface area contributed by atoms with Crippen molar-refractivity contribution in [3.63, 3.8) is 0 Å². The molecule has 0 fully saturated rings. The van der Waals surface area contributed by atoms with Crippen LogP contribution in [0.5, 0.6) is 5.75 Å². The van der Waals surface area contributed by atoms with E-state index in [1.54, 1.807) is 13.4 Å². The molecule has 0 aliphatic rings. The third-order valence-corrected chi connectivity index (χ3v) is 3.68. The van der Waals surface area contributed by atoms with Crippen molar-refractivity contribution in [2.75, 3.05) is 7.11 Å². The molecule has 0 aliphatic carbocycles. The van der Waals surface area contributed by atoms with E-state index in [0.717, 1.165) is 30.1 Å². The van der Waals surface area contributed by atoms with Gasteiger partial charge in [0.25, 0.3) is 0 Å². The van der Waals surface area contributed by atoms with Gasteiger partial charge in [-0.1, -0.05) is 19.1 Å². The Labute approximate surface area is 136 Å². The number of carbonyl (C=O) groups excluding carboxylic acids is 1. The largest absolute Gasteiger partial charge is 0.497 e. The van der Waals surface area contributed by atoms with Crippen LogP contribution in [0.2, 0.25) is 0 Å². The molecule has 7 nitrogen and oxygen atoms in total. The molecule has 0 unspecified atom stereocenters. The van der Waals surface area contributed by atoms with Crippen LogP contribution in [0.1, 0.15) is 37.7 Å². The number of benzene rings is 1. The number of hydrogen-bond acceptors (Lipinski definition) is 4. The molecule has 2 rings (SSSR count). The van der Waals surface area contributed by atoms with E-state index in [1.807, 2.05) is 42.7 Å². The minimum Gasteiger partial charge on any atom is -0.497 e. The van der Waals surface area contributed by atoms with Crippen molar-refractivity contribution in [1.29, 1.82) is 0 Å². The Balaban J connectivity index is 1.91. The molecule has 2 amide bonds. The van der Waals surface area contributed by atoms with Crippen LogP contribution in [0.25, 0.3) is 0 Å².